The van der Waals surface area contributed by atoms with E-state index in [0.29, 0.717) is 33.3 Å². The molecule has 1 saturated heterocycles. The van der Waals surface area contributed by atoms with Crippen molar-refractivity contribution in [1.29, 1.82) is 0 Å². The van der Waals surface area contributed by atoms with Gasteiger partial charge >= 0.3 is 0 Å². The summed E-state index contributed by atoms with van der Waals surface area (Å²) in [6.07, 6.45) is 0. The highest BCUT2D eigenvalue weighted by Crippen LogP contribution is 2.53. The van der Waals surface area contributed by atoms with Gasteiger partial charge < -0.3 is 14.8 Å². The molecule has 4 rings (SSSR count). The number of likely N-dealkylation sites (N-methyl/N-ethyl adjacent to an activating group) is 1. The Morgan fingerprint density at radius 1 is 1.24 bits per heavy atom. The summed E-state index contributed by atoms with van der Waals surface area (Å²) >= 11 is 6.49. The highest BCUT2D eigenvalue weighted by molar-refractivity contribution is 6.31. The van der Waals surface area contributed by atoms with Crippen molar-refractivity contribution < 1.29 is 19.2 Å². The van der Waals surface area contributed by atoms with Crippen LogP contribution >= 0.6 is 11.6 Å². The van der Waals surface area contributed by atoms with E-state index >= 15 is 0 Å². The lowest BCUT2D eigenvalue weighted by Gasteiger charge is -2.30. The molecular weight excluding hydrogens is 398 g/mol. The van der Waals surface area contributed by atoms with E-state index in [1.54, 1.807) is 48.3 Å². The predicted molar refractivity (Wildman–Crippen MR) is 107 cm³/mol. The molecule has 3 atom stereocenters. The van der Waals surface area contributed by atoms with Gasteiger partial charge in [-0.1, -0.05) is 29.8 Å². The smallest absolute Gasteiger partial charge is 0.256 e. The second-order valence-corrected chi connectivity index (χ2v) is 7.62. The largest absolute Gasteiger partial charge is 0.493 e. The van der Waals surface area contributed by atoms with Crippen LogP contribution in [0.15, 0.2) is 36.4 Å². The molecule has 0 saturated carbocycles. The number of carbonyl (C=O) groups excluding carboxylic acids is 1. The number of amides is 1. The Labute approximate surface area is 172 Å². The number of nitrogens with one attached hydrogen (secondary N) is 1. The van der Waals surface area contributed by atoms with Crippen molar-refractivity contribution in [2.24, 2.45) is 0 Å². The molecule has 2 aromatic rings. The van der Waals surface area contributed by atoms with Gasteiger partial charge in [0.2, 0.25) is 0 Å². The molecule has 8 nitrogen and oxygen atoms in total. The molecule has 2 aliphatic heterocycles. The molecule has 2 aliphatic rings. The zero-order valence-electron chi connectivity index (χ0n) is 16.1. The Bertz CT molecular complexity index is 1010. The van der Waals surface area contributed by atoms with E-state index in [9.17, 15) is 14.9 Å². The summed E-state index contributed by atoms with van der Waals surface area (Å²) in [4.78, 5) is 26.8. The van der Waals surface area contributed by atoms with Gasteiger partial charge in [0.15, 0.2) is 17.0 Å². The molecule has 2 heterocycles. The first-order chi connectivity index (χ1) is 13.9. The van der Waals surface area contributed by atoms with E-state index in [1.165, 1.54) is 14.2 Å². The fraction of sp³-hybridized carbons (Fsp3) is 0.350. The molecule has 1 spiro atoms. The van der Waals surface area contributed by atoms with E-state index in [1.807, 2.05) is 0 Å². The maximum Gasteiger partial charge on any atom is 0.256 e. The molecule has 1 amide bonds. The molecule has 0 unspecified atom stereocenters. The Kier molecular flexibility index (Phi) is 4.63. The van der Waals surface area contributed by atoms with Crippen molar-refractivity contribution in [3.63, 3.8) is 0 Å². The van der Waals surface area contributed by atoms with Gasteiger partial charge in [-0.05, 0) is 24.7 Å². The number of methoxy groups -OCH3 is 2. The number of carbonyl (C=O) groups is 1. The van der Waals surface area contributed by atoms with Gasteiger partial charge in [-0.2, -0.15) is 0 Å². The van der Waals surface area contributed by atoms with Crippen LogP contribution in [0.5, 0.6) is 11.5 Å². The average molecular weight is 418 g/mol. The van der Waals surface area contributed by atoms with Crippen molar-refractivity contribution in [2.45, 2.75) is 17.5 Å². The number of halogens is 1. The first-order valence-corrected chi connectivity index (χ1v) is 9.41. The second-order valence-electron chi connectivity index (χ2n) is 7.21. The lowest BCUT2D eigenvalue weighted by Crippen LogP contribution is -2.54. The minimum Gasteiger partial charge on any atom is -0.493 e. The van der Waals surface area contributed by atoms with Crippen LogP contribution in [0.1, 0.15) is 17.0 Å². The minimum absolute atomic E-state index is 0.280. The van der Waals surface area contributed by atoms with Crippen LogP contribution in [-0.4, -0.2) is 49.6 Å². The maximum atomic E-state index is 13.1. The third-order valence-electron chi connectivity index (χ3n) is 5.94. The first-order valence-electron chi connectivity index (χ1n) is 9.03. The molecule has 0 aliphatic carbocycles. The Morgan fingerprint density at radius 3 is 2.55 bits per heavy atom. The fourth-order valence-electron chi connectivity index (χ4n) is 4.71. The molecule has 29 heavy (non-hydrogen) atoms. The van der Waals surface area contributed by atoms with E-state index < -0.39 is 23.4 Å². The third-order valence-corrected chi connectivity index (χ3v) is 6.27. The zero-order chi connectivity index (χ0) is 20.9. The Balaban J connectivity index is 1.91. The summed E-state index contributed by atoms with van der Waals surface area (Å²) in [5.41, 5.74) is 0.330. The quantitative estimate of drug-likeness (QED) is 0.607. The molecule has 1 fully saturated rings. The topological polar surface area (TPSA) is 93.9 Å². The fourth-order valence-corrected chi connectivity index (χ4v) is 5.01. The predicted octanol–water partition coefficient (Wildman–Crippen LogP) is 2.88. The summed E-state index contributed by atoms with van der Waals surface area (Å²) < 4.78 is 10.6. The maximum absolute atomic E-state index is 13.1. The van der Waals surface area contributed by atoms with Crippen LogP contribution in [0.4, 0.5) is 5.69 Å². The monoisotopic (exact) mass is 417 g/mol. The van der Waals surface area contributed by atoms with Crippen LogP contribution < -0.4 is 14.8 Å². The Hall–Kier alpha value is -2.84. The van der Waals surface area contributed by atoms with Crippen LogP contribution in [-0.2, 0) is 10.3 Å². The van der Waals surface area contributed by atoms with Crippen molar-refractivity contribution in [1.82, 2.24) is 4.90 Å². The van der Waals surface area contributed by atoms with Gasteiger partial charge in [0.1, 0.15) is 0 Å². The molecule has 0 radical (unpaired) electrons. The van der Waals surface area contributed by atoms with E-state index in [4.69, 9.17) is 21.1 Å². The molecule has 0 aromatic heterocycles. The van der Waals surface area contributed by atoms with Gasteiger partial charge in [0, 0.05) is 33.8 Å². The van der Waals surface area contributed by atoms with Gasteiger partial charge in [-0.25, -0.2) is 0 Å². The molecular formula is C20H20ClN3O5. The van der Waals surface area contributed by atoms with Crippen LogP contribution in [0.25, 0.3) is 0 Å². The summed E-state index contributed by atoms with van der Waals surface area (Å²) in [6.45, 7) is 0.280. The average Bonchev–Trinajstić information content (AvgIpc) is 3.17. The van der Waals surface area contributed by atoms with Crippen LogP contribution in [0.2, 0.25) is 5.02 Å². The molecule has 1 N–H and O–H groups in total. The molecule has 0 bridgehead atoms. The van der Waals surface area contributed by atoms with E-state index in [2.05, 4.69) is 5.32 Å². The van der Waals surface area contributed by atoms with Gasteiger partial charge in [0.25, 0.3) is 11.9 Å². The molecule has 9 heteroatoms. The minimum atomic E-state index is -1.42. The standard InChI is InChI=1S/C20H20ClN3O5/c1-23-10-12(11-8-16(28-2)17(29-3)9-14(11)21)18(24(26)27)20(23)13-6-4-5-7-15(13)22-19(20)25/h4-9,12,18H,10H2,1-3H3,(H,22,25)/t12-,18+,20+/m0/s1. The second kappa shape index (κ2) is 6.89. The highest BCUT2D eigenvalue weighted by Gasteiger charge is 2.68. The third kappa shape index (κ3) is 2.59. The number of likely N-dealkylation sites (tertiary alicyclic amines) is 1. The highest BCUT2D eigenvalue weighted by atomic mass is 35.5. The number of rotatable bonds is 4. The number of para-hydroxylation sites is 1. The van der Waals surface area contributed by atoms with Crippen molar-refractivity contribution in [3.8, 4) is 11.5 Å². The number of nitro groups is 1. The summed E-state index contributed by atoms with van der Waals surface area (Å²) in [7, 11) is 4.71. The lowest BCUT2D eigenvalue weighted by atomic mass is 9.79. The van der Waals surface area contributed by atoms with Gasteiger partial charge in [0.05, 0.1) is 20.1 Å². The van der Waals surface area contributed by atoms with E-state index in [-0.39, 0.29) is 11.5 Å². The van der Waals surface area contributed by atoms with Crippen molar-refractivity contribution >= 4 is 23.2 Å². The number of nitrogens with zero attached hydrogens (tertiary/aromatic N) is 2. The molecule has 2 aromatic carbocycles. The van der Waals surface area contributed by atoms with Crippen molar-refractivity contribution in [2.75, 3.05) is 33.1 Å². The SMILES string of the molecule is COc1cc(Cl)c([C@@H]2CN(C)[C@@]3(C(=O)Nc4ccccc43)[C@@H]2[N+](=O)[O-])cc1OC. The number of benzene rings is 2. The summed E-state index contributed by atoms with van der Waals surface area (Å²) in [6, 6.07) is 9.10. The van der Waals surface area contributed by atoms with Gasteiger partial charge in [-0.3, -0.25) is 19.8 Å². The van der Waals surface area contributed by atoms with E-state index in [0.717, 1.165) is 0 Å². The summed E-state index contributed by atoms with van der Waals surface area (Å²) in [5, 5.41) is 15.5. The number of hydrogen-bond acceptors (Lipinski definition) is 6. The lowest BCUT2D eigenvalue weighted by molar-refractivity contribution is -0.534. The summed E-state index contributed by atoms with van der Waals surface area (Å²) in [5.74, 6) is -0.168. The van der Waals surface area contributed by atoms with Crippen molar-refractivity contribution in [3.05, 3.63) is 62.7 Å². The number of anilines is 1. The first kappa shape index (κ1) is 19.5. The number of hydrogen-bond donors (Lipinski definition) is 1. The zero-order valence-corrected chi connectivity index (χ0v) is 16.9. The number of fused-ring (bicyclic) bond motifs is 2. The molecule has 152 valence electrons. The normalized spacial score (nSPS) is 25.7. The van der Waals surface area contributed by atoms with Crippen LogP contribution in [0, 0.1) is 10.1 Å². The Morgan fingerprint density at radius 2 is 1.90 bits per heavy atom. The van der Waals surface area contributed by atoms with Gasteiger partial charge in [-0.15, -0.1) is 0 Å². The number of ether oxygens (including phenoxy) is 2. The van der Waals surface area contributed by atoms with Crippen LogP contribution in [0.3, 0.4) is 0 Å².